The van der Waals surface area contributed by atoms with Gasteiger partial charge in [-0.3, -0.25) is 9.59 Å². The van der Waals surface area contributed by atoms with Crippen LogP contribution in [0.15, 0.2) is 65.3 Å². The first-order valence-corrected chi connectivity index (χ1v) is 8.86. The molecule has 2 aromatic heterocycles. The average molecular weight is 373 g/mol. The molecule has 0 aliphatic rings. The molecule has 2 aromatic carbocycles. The van der Waals surface area contributed by atoms with Crippen molar-refractivity contribution in [3.63, 3.8) is 0 Å². The monoisotopic (exact) mass is 373 g/mol. The minimum Gasteiger partial charge on any atom is -0.459 e. The summed E-state index contributed by atoms with van der Waals surface area (Å²) in [4.78, 5) is 27.9. The summed E-state index contributed by atoms with van der Waals surface area (Å²) in [6, 6.07) is 15.8. The summed E-state index contributed by atoms with van der Waals surface area (Å²) in [7, 11) is 0. The van der Waals surface area contributed by atoms with E-state index in [-0.39, 0.29) is 17.6 Å². The number of furan rings is 1. The van der Waals surface area contributed by atoms with Crippen molar-refractivity contribution in [3.8, 4) is 0 Å². The highest BCUT2D eigenvalue weighted by molar-refractivity contribution is 6.07. The molecular formula is C22H19N3O3. The van der Waals surface area contributed by atoms with Crippen LogP contribution in [-0.2, 0) is 0 Å². The second kappa shape index (κ2) is 7.08. The van der Waals surface area contributed by atoms with Crippen molar-refractivity contribution in [2.75, 3.05) is 10.6 Å². The van der Waals surface area contributed by atoms with E-state index in [9.17, 15) is 9.59 Å². The van der Waals surface area contributed by atoms with E-state index in [4.69, 9.17) is 4.42 Å². The van der Waals surface area contributed by atoms with Gasteiger partial charge in [0.1, 0.15) is 0 Å². The number of benzene rings is 2. The SMILES string of the molecule is Cc1[nH]c2ccc(C(=O)Nc3ccc(NC(=O)c4ccco4)cc3)cc2c1C. The summed E-state index contributed by atoms with van der Waals surface area (Å²) in [6.45, 7) is 4.05. The molecule has 0 saturated heterocycles. The van der Waals surface area contributed by atoms with Gasteiger partial charge in [-0.05, 0) is 74.0 Å². The summed E-state index contributed by atoms with van der Waals surface area (Å²) >= 11 is 0. The minimum atomic E-state index is -0.327. The first kappa shape index (κ1) is 17.6. The Kier molecular flexibility index (Phi) is 4.45. The molecule has 6 heteroatoms. The van der Waals surface area contributed by atoms with Gasteiger partial charge in [0.25, 0.3) is 11.8 Å². The van der Waals surface area contributed by atoms with Gasteiger partial charge < -0.3 is 20.0 Å². The molecule has 6 nitrogen and oxygen atoms in total. The molecule has 0 saturated carbocycles. The summed E-state index contributed by atoms with van der Waals surface area (Å²) in [5.41, 5.74) is 5.09. The van der Waals surface area contributed by atoms with Gasteiger partial charge in [-0.25, -0.2) is 0 Å². The largest absolute Gasteiger partial charge is 0.459 e. The van der Waals surface area contributed by atoms with E-state index >= 15 is 0 Å². The van der Waals surface area contributed by atoms with E-state index in [1.54, 1.807) is 42.5 Å². The van der Waals surface area contributed by atoms with Gasteiger partial charge in [-0.15, -0.1) is 0 Å². The maximum atomic E-state index is 12.6. The number of rotatable bonds is 4. The molecular weight excluding hydrogens is 354 g/mol. The lowest BCUT2D eigenvalue weighted by atomic mass is 10.1. The lowest BCUT2D eigenvalue weighted by Gasteiger charge is -2.08. The Bertz CT molecular complexity index is 1160. The molecule has 4 rings (SSSR count). The van der Waals surface area contributed by atoms with Crippen LogP contribution >= 0.6 is 0 Å². The highest BCUT2D eigenvalue weighted by Gasteiger charge is 2.11. The Morgan fingerprint density at radius 3 is 2.21 bits per heavy atom. The summed E-state index contributed by atoms with van der Waals surface area (Å²) in [6.07, 6.45) is 1.45. The molecule has 0 bridgehead atoms. The average Bonchev–Trinajstić information content (AvgIpc) is 3.32. The lowest BCUT2D eigenvalue weighted by Crippen LogP contribution is -2.13. The van der Waals surface area contributed by atoms with Crippen LogP contribution in [0.1, 0.15) is 32.2 Å². The van der Waals surface area contributed by atoms with Crippen LogP contribution in [0, 0.1) is 13.8 Å². The molecule has 0 fully saturated rings. The maximum Gasteiger partial charge on any atom is 0.291 e. The standard InChI is InChI=1S/C22H19N3O3/c1-13-14(2)23-19-10-5-15(12-18(13)19)21(26)24-16-6-8-17(9-7-16)25-22(27)20-4-3-11-28-20/h3-12,23H,1-2H3,(H,24,26)(H,25,27). The Morgan fingerprint density at radius 1 is 0.893 bits per heavy atom. The number of carbonyl (C=O) groups excluding carboxylic acids is 2. The number of fused-ring (bicyclic) bond motifs is 1. The second-order valence-electron chi connectivity index (χ2n) is 6.60. The normalized spacial score (nSPS) is 10.8. The number of aryl methyl sites for hydroxylation is 2. The van der Waals surface area contributed by atoms with Crippen molar-refractivity contribution in [1.82, 2.24) is 4.98 Å². The number of hydrogen-bond donors (Lipinski definition) is 3. The molecule has 140 valence electrons. The third-order valence-corrected chi connectivity index (χ3v) is 4.72. The number of anilines is 2. The number of hydrogen-bond acceptors (Lipinski definition) is 3. The first-order chi connectivity index (χ1) is 13.5. The van der Waals surface area contributed by atoms with Crippen LogP contribution in [0.3, 0.4) is 0 Å². The molecule has 4 aromatic rings. The Balaban J connectivity index is 1.46. The van der Waals surface area contributed by atoms with Gasteiger partial charge in [0, 0.05) is 33.5 Å². The van der Waals surface area contributed by atoms with Crippen LogP contribution in [-0.4, -0.2) is 16.8 Å². The van der Waals surface area contributed by atoms with Crippen LogP contribution in [0.4, 0.5) is 11.4 Å². The molecule has 28 heavy (non-hydrogen) atoms. The number of aromatic amines is 1. The highest BCUT2D eigenvalue weighted by Crippen LogP contribution is 2.23. The molecule has 0 aliphatic carbocycles. The molecule has 0 aliphatic heterocycles. The van der Waals surface area contributed by atoms with Gasteiger partial charge in [-0.2, -0.15) is 0 Å². The van der Waals surface area contributed by atoms with E-state index in [0.717, 1.165) is 22.2 Å². The summed E-state index contributed by atoms with van der Waals surface area (Å²) in [5.74, 6) is -0.275. The molecule has 2 heterocycles. The van der Waals surface area contributed by atoms with E-state index < -0.39 is 0 Å². The van der Waals surface area contributed by atoms with Crippen molar-refractivity contribution in [1.29, 1.82) is 0 Å². The van der Waals surface area contributed by atoms with E-state index in [1.807, 2.05) is 26.0 Å². The molecule has 0 radical (unpaired) electrons. The number of aromatic nitrogens is 1. The predicted octanol–water partition coefficient (Wildman–Crippen LogP) is 4.88. The predicted molar refractivity (Wildman–Crippen MR) is 109 cm³/mol. The highest BCUT2D eigenvalue weighted by atomic mass is 16.3. The first-order valence-electron chi connectivity index (χ1n) is 8.86. The number of amides is 2. The third kappa shape index (κ3) is 3.40. The quantitative estimate of drug-likeness (QED) is 0.476. The van der Waals surface area contributed by atoms with Gasteiger partial charge >= 0.3 is 0 Å². The van der Waals surface area contributed by atoms with Crippen molar-refractivity contribution < 1.29 is 14.0 Å². The minimum absolute atomic E-state index is 0.187. The van der Waals surface area contributed by atoms with Crippen LogP contribution in [0.25, 0.3) is 10.9 Å². The zero-order valence-electron chi connectivity index (χ0n) is 15.5. The number of nitrogens with one attached hydrogen (secondary N) is 3. The molecule has 0 unspecified atom stereocenters. The zero-order valence-corrected chi connectivity index (χ0v) is 15.5. The number of carbonyl (C=O) groups is 2. The van der Waals surface area contributed by atoms with Gasteiger partial charge in [0.15, 0.2) is 5.76 Å². The van der Waals surface area contributed by atoms with E-state index in [2.05, 4.69) is 15.6 Å². The summed E-state index contributed by atoms with van der Waals surface area (Å²) in [5, 5.41) is 6.66. The Hall–Kier alpha value is -3.80. The van der Waals surface area contributed by atoms with Gasteiger partial charge in [-0.1, -0.05) is 0 Å². The van der Waals surface area contributed by atoms with Crippen molar-refractivity contribution >= 4 is 34.1 Å². The van der Waals surface area contributed by atoms with Crippen molar-refractivity contribution in [2.45, 2.75) is 13.8 Å². The fourth-order valence-corrected chi connectivity index (χ4v) is 3.04. The van der Waals surface area contributed by atoms with Crippen molar-refractivity contribution in [2.24, 2.45) is 0 Å². The molecule has 0 atom stereocenters. The number of H-pyrrole nitrogens is 1. The fourth-order valence-electron chi connectivity index (χ4n) is 3.04. The topological polar surface area (TPSA) is 87.1 Å². The van der Waals surface area contributed by atoms with E-state index in [1.165, 1.54) is 6.26 Å². The van der Waals surface area contributed by atoms with Gasteiger partial charge in [0.05, 0.1) is 6.26 Å². The maximum absolute atomic E-state index is 12.6. The van der Waals surface area contributed by atoms with Gasteiger partial charge in [0.2, 0.25) is 0 Å². The Morgan fingerprint density at radius 2 is 1.57 bits per heavy atom. The third-order valence-electron chi connectivity index (χ3n) is 4.72. The molecule has 2 amide bonds. The second-order valence-corrected chi connectivity index (χ2v) is 6.60. The molecule has 0 spiro atoms. The fraction of sp³-hybridized carbons (Fsp3) is 0.0909. The Labute approximate surface area is 161 Å². The lowest BCUT2D eigenvalue weighted by molar-refractivity contribution is 0.0994. The summed E-state index contributed by atoms with van der Waals surface area (Å²) < 4.78 is 5.06. The van der Waals surface area contributed by atoms with Crippen LogP contribution in [0.5, 0.6) is 0 Å². The zero-order chi connectivity index (χ0) is 19.7. The van der Waals surface area contributed by atoms with Crippen LogP contribution in [0.2, 0.25) is 0 Å². The van der Waals surface area contributed by atoms with E-state index in [0.29, 0.717) is 16.9 Å². The van der Waals surface area contributed by atoms with Crippen molar-refractivity contribution in [3.05, 3.63) is 83.4 Å². The smallest absolute Gasteiger partial charge is 0.291 e. The van der Waals surface area contributed by atoms with Crippen LogP contribution < -0.4 is 10.6 Å². The molecule has 3 N–H and O–H groups in total.